The first-order valence-electron chi connectivity index (χ1n) is 8.47. The largest absolute Gasteiger partial charge is 0.493 e. The quantitative estimate of drug-likeness (QED) is 0.554. The molecule has 1 N–H and O–H groups in total. The molecule has 1 aromatic heterocycles. The Morgan fingerprint density at radius 1 is 1.04 bits per heavy atom. The third-order valence-electron chi connectivity index (χ3n) is 4.22. The van der Waals surface area contributed by atoms with Crippen LogP contribution in [-0.2, 0) is 0 Å². The second kappa shape index (κ2) is 7.86. The third kappa shape index (κ3) is 3.89. The molecule has 6 heteroatoms. The summed E-state index contributed by atoms with van der Waals surface area (Å²) in [6, 6.07) is 14.8. The van der Waals surface area contributed by atoms with Crippen LogP contribution in [-0.4, -0.2) is 30.8 Å². The van der Waals surface area contributed by atoms with Gasteiger partial charge in [0.2, 0.25) is 0 Å². The van der Waals surface area contributed by atoms with Gasteiger partial charge in [-0.3, -0.25) is 9.78 Å². The average molecular weight is 363 g/mol. The second-order valence-corrected chi connectivity index (χ2v) is 6.04. The van der Waals surface area contributed by atoms with Gasteiger partial charge in [-0.15, -0.1) is 0 Å². The van der Waals surface area contributed by atoms with E-state index in [1.165, 1.54) is 0 Å². The summed E-state index contributed by atoms with van der Waals surface area (Å²) in [5, 5.41) is 5.03. The van der Waals surface area contributed by atoms with E-state index in [0.717, 1.165) is 22.2 Å². The van der Waals surface area contributed by atoms with Crippen molar-refractivity contribution in [2.45, 2.75) is 13.8 Å². The minimum absolute atomic E-state index is 0.281. The molecule has 2 aromatic carbocycles. The van der Waals surface area contributed by atoms with Gasteiger partial charge in [0.25, 0.3) is 5.91 Å². The lowest BCUT2D eigenvalue weighted by atomic mass is 10.1. The van der Waals surface area contributed by atoms with Gasteiger partial charge in [0.15, 0.2) is 11.5 Å². The van der Waals surface area contributed by atoms with E-state index in [1.807, 2.05) is 50.2 Å². The molecule has 0 aliphatic carbocycles. The summed E-state index contributed by atoms with van der Waals surface area (Å²) in [7, 11) is 3.16. The summed E-state index contributed by atoms with van der Waals surface area (Å²) in [4.78, 5) is 17.1. The average Bonchev–Trinajstić information content (AvgIpc) is 2.70. The van der Waals surface area contributed by atoms with Gasteiger partial charge in [-0.1, -0.05) is 18.2 Å². The number of amides is 1. The fourth-order valence-electron chi connectivity index (χ4n) is 2.82. The topological polar surface area (TPSA) is 72.8 Å². The molecule has 6 nitrogen and oxygen atoms in total. The number of aromatic nitrogens is 1. The molecular weight excluding hydrogens is 342 g/mol. The van der Waals surface area contributed by atoms with Crippen molar-refractivity contribution < 1.29 is 14.3 Å². The van der Waals surface area contributed by atoms with Crippen molar-refractivity contribution >= 4 is 22.5 Å². The third-order valence-corrected chi connectivity index (χ3v) is 4.22. The maximum Gasteiger partial charge on any atom is 0.272 e. The number of methoxy groups -OCH3 is 2. The summed E-state index contributed by atoms with van der Waals surface area (Å²) in [6.45, 7) is 3.68. The Hall–Kier alpha value is -3.41. The molecule has 0 saturated carbocycles. The maximum absolute atomic E-state index is 12.7. The Labute approximate surface area is 157 Å². The number of rotatable bonds is 5. The van der Waals surface area contributed by atoms with Gasteiger partial charge < -0.3 is 9.47 Å². The number of hydrazone groups is 1. The van der Waals surface area contributed by atoms with Crippen molar-refractivity contribution in [3.63, 3.8) is 0 Å². The van der Waals surface area contributed by atoms with Crippen molar-refractivity contribution in [2.24, 2.45) is 5.10 Å². The summed E-state index contributed by atoms with van der Waals surface area (Å²) in [6.07, 6.45) is 0. The lowest BCUT2D eigenvalue weighted by molar-refractivity contribution is 0.0956. The van der Waals surface area contributed by atoms with Crippen LogP contribution in [0, 0.1) is 6.92 Å². The van der Waals surface area contributed by atoms with E-state index in [2.05, 4.69) is 15.5 Å². The van der Waals surface area contributed by atoms with Crippen LogP contribution in [0.4, 0.5) is 0 Å². The number of aryl methyl sites for hydroxylation is 1. The first-order chi connectivity index (χ1) is 13.0. The van der Waals surface area contributed by atoms with Crippen LogP contribution in [0.3, 0.4) is 0 Å². The highest BCUT2D eigenvalue weighted by atomic mass is 16.5. The molecule has 3 aromatic rings. The van der Waals surface area contributed by atoms with Crippen LogP contribution in [0.1, 0.15) is 28.5 Å². The van der Waals surface area contributed by atoms with E-state index in [1.54, 1.807) is 26.4 Å². The molecule has 0 radical (unpaired) electrons. The highest BCUT2D eigenvalue weighted by molar-refractivity contribution is 6.07. The van der Waals surface area contributed by atoms with Gasteiger partial charge in [0, 0.05) is 16.6 Å². The van der Waals surface area contributed by atoms with E-state index in [9.17, 15) is 4.79 Å². The molecule has 138 valence electrons. The fraction of sp³-hybridized carbons (Fsp3) is 0.190. The molecule has 0 fully saturated rings. The van der Waals surface area contributed by atoms with Gasteiger partial charge in [0.05, 0.1) is 31.0 Å². The number of benzene rings is 2. The Kier molecular flexibility index (Phi) is 5.35. The summed E-state index contributed by atoms with van der Waals surface area (Å²) >= 11 is 0. The zero-order valence-electron chi connectivity index (χ0n) is 15.7. The van der Waals surface area contributed by atoms with E-state index < -0.39 is 0 Å². The molecule has 3 rings (SSSR count). The van der Waals surface area contributed by atoms with Crippen molar-refractivity contribution in [3.05, 3.63) is 65.4 Å². The van der Waals surface area contributed by atoms with Gasteiger partial charge >= 0.3 is 0 Å². The van der Waals surface area contributed by atoms with Crippen molar-refractivity contribution in [1.29, 1.82) is 0 Å². The standard InChI is InChI=1S/C21H21N3O3/c1-13-11-17(16-7-5-6-8-18(16)22-13)21(25)24-23-14(2)15-9-10-19(26-3)20(12-15)27-4/h5-12H,1-4H3,(H,24,25). The van der Waals surface area contributed by atoms with Crippen molar-refractivity contribution in [3.8, 4) is 11.5 Å². The monoisotopic (exact) mass is 363 g/mol. The van der Waals surface area contributed by atoms with Crippen LogP contribution in [0.25, 0.3) is 10.9 Å². The minimum atomic E-state index is -0.281. The van der Waals surface area contributed by atoms with E-state index in [0.29, 0.717) is 22.8 Å². The molecule has 1 heterocycles. The van der Waals surface area contributed by atoms with Gasteiger partial charge in [-0.05, 0) is 44.2 Å². The molecule has 0 unspecified atom stereocenters. The molecule has 0 bridgehead atoms. The first kappa shape index (κ1) is 18.4. The second-order valence-electron chi connectivity index (χ2n) is 6.04. The molecule has 0 aliphatic rings. The van der Waals surface area contributed by atoms with Crippen LogP contribution in [0.2, 0.25) is 0 Å². The molecule has 0 spiro atoms. The van der Waals surface area contributed by atoms with E-state index in [4.69, 9.17) is 9.47 Å². The van der Waals surface area contributed by atoms with E-state index in [-0.39, 0.29) is 5.91 Å². The summed E-state index contributed by atoms with van der Waals surface area (Å²) in [5.41, 5.74) is 6.21. The van der Waals surface area contributed by atoms with Crippen LogP contribution in [0.15, 0.2) is 53.6 Å². The van der Waals surface area contributed by atoms with Crippen LogP contribution >= 0.6 is 0 Å². The zero-order chi connectivity index (χ0) is 19.4. The van der Waals surface area contributed by atoms with Gasteiger partial charge in [0.1, 0.15) is 0 Å². The normalized spacial score (nSPS) is 11.3. The predicted molar refractivity (Wildman–Crippen MR) is 106 cm³/mol. The van der Waals surface area contributed by atoms with Gasteiger partial charge in [-0.2, -0.15) is 5.10 Å². The number of carbonyl (C=O) groups is 1. The summed E-state index contributed by atoms with van der Waals surface area (Å²) < 4.78 is 10.5. The van der Waals surface area contributed by atoms with Crippen molar-refractivity contribution in [1.82, 2.24) is 10.4 Å². The minimum Gasteiger partial charge on any atom is -0.493 e. The Balaban J connectivity index is 1.87. The lowest BCUT2D eigenvalue weighted by Gasteiger charge is -2.10. The Morgan fingerprint density at radius 3 is 2.52 bits per heavy atom. The number of hydrogen-bond acceptors (Lipinski definition) is 5. The predicted octanol–water partition coefficient (Wildman–Crippen LogP) is 3.71. The molecule has 27 heavy (non-hydrogen) atoms. The number of fused-ring (bicyclic) bond motifs is 1. The number of para-hydroxylation sites is 1. The number of ether oxygens (including phenoxy) is 2. The zero-order valence-corrected chi connectivity index (χ0v) is 15.7. The number of carbonyl (C=O) groups excluding carboxylic acids is 1. The number of pyridine rings is 1. The molecule has 0 aliphatic heterocycles. The Bertz CT molecular complexity index is 1030. The van der Waals surface area contributed by atoms with Crippen molar-refractivity contribution in [2.75, 3.05) is 14.2 Å². The molecule has 1 amide bonds. The summed E-state index contributed by atoms with van der Waals surface area (Å²) in [5.74, 6) is 0.958. The highest BCUT2D eigenvalue weighted by Gasteiger charge is 2.12. The lowest BCUT2D eigenvalue weighted by Crippen LogP contribution is -2.20. The van der Waals surface area contributed by atoms with Crippen LogP contribution in [0.5, 0.6) is 11.5 Å². The fourth-order valence-corrected chi connectivity index (χ4v) is 2.82. The molecule has 0 atom stereocenters. The first-order valence-corrected chi connectivity index (χ1v) is 8.47. The molecular formula is C21H21N3O3. The Morgan fingerprint density at radius 2 is 1.78 bits per heavy atom. The smallest absolute Gasteiger partial charge is 0.272 e. The van der Waals surface area contributed by atoms with Gasteiger partial charge in [-0.25, -0.2) is 5.43 Å². The number of nitrogens with one attached hydrogen (secondary N) is 1. The molecule has 0 saturated heterocycles. The van der Waals surface area contributed by atoms with E-state index >= 15 is 0 Å². The number of nitrogens with zero attached hydrogens (tertiary/aromatic N) is 2. The highest BCUT2D eigenvalue weighted by Crippen LogP contribution is 2.27. The van der Waals surface area contributed by atoms with Crippen LogP contribution < -0.4 is 14.9 Å². The SMILES string of the molecule is COc1ccc(C(C)=NNC(=O)c2cc(C)nc3ccccc23)cc1OC. The number of hydrogen-bond donors (Lipinski definition) is 1. The maximum atomic E-state index is 12.7.